The fourth-order valence-electron chi connectivity index (χ4n) is 1.36. The minimum Gasteiger partial charge on any atom is -0.383 e. The van der Waals surface area contributed by atoms with Gasteiger partial charge in [0.1, 0.15) is 0 Å². The van der Waals surface area contributed by atoms with E-state index < -0.39 is 18.8 Å². The molecule has 1 atom stereocenters. The maximum atomic E-state index is 12.1. The summed E-state index contributed by atoms with van der Waals surface area (Å²) in [5.74, 6) is 0. The first-order chi connectivity index (χ1) is 7.53. The Bertz CT molecular complexity index is 300. The van der Waals surface area contributed by atoms with Crippen molar-refractivity contribution in [1.82, 2.24) is 5.32 Å². The number of benzene rings is 1. The Balaban J connectivity index is 2.61. The van der Waals surface area contributed by atoms with Crippen LogP contribution >= 0.6 is 0 Å². The van der Waals surface area contributed by atoms with E-state index in [-0.39, 0.29) is 6.61 Å². The Hall–Kier alpha value is -1.07. The van der Waals surface area contributed by atoms with Crippen molar-refractivity contribution < 1.29 is 17.9 Å². The van der Waals surface area contributed by atoms with Crippen LogP contribution in [0.3, 0.4) is 0 Å². The van der Waals surface area contributed by atoms with Crippen molar-refractivity contribution in [3.63, 3.8) is 0 Å². The van der Waals surface area contributed by atoms with Crippen molar-refractivity contribution in [1.29, 1.82) is 0 Å². The number of ether oxygens (including phenoxy) is 1. The molecule has 0 saturated heterocycles. The molecule has 1 N–H and O–H groups in total. The van der Waals surface area contributed by atoms with E-state index in [1.54, 1.807) is 24.3 Å². The van der Waals surface area contributed by atoms with Crippen LogP contribution in [-0.2, 0) is 4.74 Å². The molecule has 0 aliphatic rings. The summed E-state index contributed by atoms with van der Waals surface area (Å²) >= 11 is 0. The molecule has 0 fully saturated rings. The highest BCUT2D eigenvalue weighted by Gasteiger charge is 2.28. The molecule has 16 heavy (non-hydrogen) atoms. The van der Waals surface area contributed by atoms with Crippen LogP contribution in [0, 0.1) is 0 Å². The molecule has 5 heteroatoms. The maximum absolute atomic E-state index is 12.1. The molecule has 0 saturated carbocycles. The lowest BCUT2D eigenvalue weighted by atomic mass is 10.1. The van der Waals surface area contributed by atoms with Crippen LogP contribution in [0.1, 0.15) is 11.6 Å². The van der Waals surface area contributed by atoms with E-state index in [2.05, 4.69) is 5.32 Å². The average Bonchev–Trinajstić information content (AvgIpc) is 2.24. The van der Waals surface area contributed by atoms with Gasteiger partial charge in [0.2, 0.25) is 0 Å². The second kappa shape index (κ2) is 5.86. The highest BCUT2D eigenvalue weighted by atomic mass is 19.4. The highest BCUT2D eigenvalue weighted by molar-refractivity contribution is 5.18. The van der Waals surface area contributed by atoms with Crippen LogP contribution < -0.4 is 5.32 Å². The number of halogens is 3. The van der Waals surface area contributed by atoms with Crippen molar-refractivity contribution in [2.75, 3.05) is 20.3 Å². The first kappa shape index (κ1) is 13.0. The van der Waals surface area contributed by atoms with Gasteiger partial charge in [-0.15, -0.1) is 0 Å². The monoisotopic (exact) mass is 233 g/mol. The fraction of sp³-hybridized carbons (Fsp3) is 0.455. The quantitative estimate of drug-likeness (QED) is 0.843. The summed E-state index contributed by atoms with van der Waals surface area (Å²) in [6.45, 7) is -0.810. The summed E-state index contributed by atoms with van der Waals surface area (Å²) in [4.78, 5) is 0. The first-order valence-corrected chi connectivity index (χ1v) is 4.87. The zero-order valence-corrected chi connectivity index (χ0v) is 8.92. The lowest BCUT2D eigenvalue weighted by molar-refractivity contribution is -0.127. The van der Waals surface area contributed by atoms with Crippen LogP contribution in [0.4, 0.5) is 13.2 Å². The number of rotatable bonds is 5. The number of hydrogen-bond acceptors (Lipinski definition) is 2. The van der Waals surface area contributed by atoms with Gasteiger partial charge in [0.05, 0.1) is 19.2 Å². The van der Waals surface area contributed by atoms with Gasteiger partial charge in [-0.05, 0) is 5.56 Å². The zero-order chi connectivity index (χ0) is 12.0. The molecule has 0 aliphatic carbocycles. The summed E-state index contributed by atoms with van der Waals surface area (Å²) in [5, 5.41) is 2.43. The van der Waals surface area contributed by atoms with Crippen molar-refractivity contribution in [2.24, 2.45) is 0 Å². The van der Waals surface area contributed by atoms with E-state index in [0.29, 0.717) is 0 Å². The molecular weight excluding hydrogens is 219 g/mol. The standard InChI is InChI=1S/C11H14F3NO/c1-16-7-10(15-8-11(12,13)14)9-5-3-2-4-6-9/h2-6,10,15H,7-8H2,1H3. The van der Waals surface area contributed by atoms with Gasteiger partial charge in [0, 0.05) is 7.11 Å². The molecule has 0 bridgehead atoms. The number of hydrogen-bond donors (Lipinski definition) is 1. The highest BCUT2D eigenvalue weighted by Crippen LogP contribution is 2.17. The van der Waals surface area contributed by atoms with Crippen LogP contribution in [0.5, 0.6) is 0 Å². The summed E-state index contributed by atoms with van der Waals surface area (Å²) in [6.07, 6.45) is -4.21. The van der Waals surface area contributed by atoms with E-state index in [1.165, 1.54) is 7.11 Å². The van der Waals surface area contributed by atoms with Gasteiger partial charge < -0.3 is 4.74 Å². The molecule has 0 amide bonds. The molecule has 1 unspecified atom stereocenters. The van der Waals surface area contributed by atoms with Gasteiger partial charge in [-0.3, -0.25) is 5.32 Å². The van der Waals surface area contributed by atoms with E-state index in [9.17, 15) is 13.2 Å². The van der Waals surface area contributed by atoms with Crippen molar-refractivity contribution in [3.8, 4) is 0 Å². The SMILES string of the molecule is COCC(NCC(F)(F)F)c1ccccc1. The fourth-order valence-corrected chi connectivity index (χ4v) is 1.36. The largest absolute Gasteiger partial charge is 0.401 e. The van der Waals surface area contributed by atoms with Gasteiger partial charge in [-0.2, -0.15) is 13.2 Å². The van der Waals surface area contributed by atoms with Crippen LogP contribution in [0.2, 0.25) is 0 Å². The summed E-state index contributed by atoms with van der Waals surface area (Å²) in [7, 11) is 1.46. The molecule has 0 aliphatic heterocycles. The third-order valence-corrected chi connectivity index (χ3v) is 2.08. The molecule has 1 aromatic rings. The molecule has 0 radical (unpaired) electrons. The molecule has 0 heterocycles. The van der Waals surface area contributed by atoms with Crippen LogP contribution in [0.15, 0.2) is 30.3 Å². The Morgan fingerprint density at radius 2 is 1.88 bits per heavy atom. The van der Waals surface area contributed by atoms with Gasteiger partial charge in [0.15, 0.2) is 0 Å². The number of methoxy groups -OCH3 is 1. The van der Waals surface area contributed by atoms with Crippen LogP contribution in [-0.4, -0.2) is 26.4 Å². The van der Waals surface area contributed by atoms with Gasteiger partial charge in [-0.1, -0.05) is 30.3 Å². The predicted octanol–water partition coefficient (Wildman–Crippen LogP) is 2.53. The molecule has 1 aromatic carbocycles. The van der Waals surface area contributed by atoms with E-state index in [0.717, 1.165) is 5.56 Å². The molecule has 90 valence electrons. The Morgan fingerprint density at radius 1 is 1.25 bits per heavy atom. The summed E-state index contributed by atoms with van der Waals surface area (Å²) in [5.41, 5.74) is 0.786. The Morgan fingerprint density at radius 3 is 2.38 bits per heavy atom. The second-order valence-electron chi connectivity index (χ2n) is 3.41. The van der Waals surface area contributed by atoms with Gasteiger partial charge in [-0.25, -0.2) is 0 Å². The zero-order valence-electron chi connectivity index (χ0n) is 8.92. The van der Waals surface area contributed by atoms with Crippen LogP contribution in [0.25, 0.3) is 0 Å². The number of alkyl halides is 3. The van der Waals surface area contributed by atoms with Gasteiger partial charge in [0.25, 0.3) is 0 Å². The summed E-state index contributed by atoms with van der Waals surface area (Å²) < 4.78 is 41.1. The first-order valence-electron chi connectivity index (χ1n) is 4.87. The lowest BCUT2D eigenvalue weighted by Gasteiger charge is -2.19. The topological polar surface area (TPSA) is 21.3 Å². The predicted molar refractivity (Wildman–Crippen MR) is 55.1 cm³/mol. The molecule has 0 aromatic heterocycles. The van der Waals surface area contributed by atoms with E-state index in [4.69, 9.17) is 4.74 Å². The Labute approximate surface area is 92.4 Å². The lowest BCUT2D eigenvalue weighted by Crippen LogP contribution is -2.34. The van der Waals surface area contributed by atoms with E-state index in [1.807, 2.05) is 6.07 Å². The maximum Gasteiger partial charge on any atom is 0.401 e. The second-order valence-corrected chi connectivity index (χ2v) is 3.41. The third kappa shape index (κ3) is 4.63. The van der Waals surface area contributed by atoms with E-state index >= 15 is 0 Å². The minimum absolute atomic E-state index is 0.208. The van der Waals surface area contributed by atoms with Crippen molar-refractivity contribution >= 4 is 0 Å². The molecule has 2 nitrogen and oxygen atoms in total. The molecule has 1 rings (SSSR count). The van der Waals surface area contributed by atoms with Crippen molar-refractivity contribution in [2.45, 2.75) is 12.2 Å². The van der Waals surface area contributed by atoms with Crippen molar-refractivity contribution in [3.05, 3.63) is 35.9 Å². The van der Waals surface area contributed by atoms with Gasteiger partial charge >= 0.3 is 6.18 Å². The summed E-state index contributed by atoms with van der Waals surface area (Å²) in [6, 6.07) is 8.49. The Kier molecular flexibility index (Phi) is 4.76. The third-order valence-electron chi connectivity index (χ3n) is 2.08. The molecular formula is C11H14F3NO. The average molecular weight is 233 g/mol. The molecule has 0 spiro atoms. The normalized spacial score (nSPS) is 13.8. The smallest absolute Gasteiger partial charge is 0.383 e. The minimum atomic E-state index is -4.21. The number of nitrogens with one attached hydrogen (secondary N) is 1.